The fourth-order valence-corrected chi connectivity index (χ4v) is 4.19. The molecule has 2 fully saturated rings. The lowest BCUT2D eigenvalue weighted by molar-refractivity contribution is -0.142. The number of fused-ring (bicyclic) bond motifs is 1. The predicted molar refractivity (Wildman–Crippen MR) is 90.6 cm³/mol. The molecule has 4 nitrogen and oxygen atoms in total. The first-order valence-corrected chi connectivity index (χ1v) is 8.71. The Hall–Kier alpha value is -1.81. The Kier molecular flexibility index (Phi) is 3.85. The number of nitrogens with zero attached hydrogens (tertiary/aromatic N) is 1. The molecule has 4 rings (SSSR count). The van der Waals surface area contributed by atoms with E-state index in [-0.39, 0.29) is 12.0 Å². The van der Waals surface area contributed by atoms with Gasteiger partial charge in [-0.3, -0.25) is 4.79 Å². The first-order chi connectivity index (χ1) is 11.2. The third-order valence-electron chi connectivity index (χ3n) is 5.36. The highest BCUT2D eigenvalue weighted by atomic mass is 16.5. The first kappa shape index (κ1) is 14.8. The smallest absolute Gasteiger partial charge is 0.251 e. The van der Waals surface area contributed by atoms with E-state index in [1.54, 1.807) is 0 Å². The number of aromatic nitrogens is 1. The summed E-state index contributed by atoms with van der Waals surface area (Å²) >= 11 is 0. The third-order valence-corrected chi connectivity index (χ3v) is 5.36. The molecule has 0 radical (unpaired) electrons. The molecule has 122 valence electrons. The van der Waals surface area contributed by atoms with Gasteiger partial charge in [-0.1, -0.05) is 18.2 Å². The van der Waals surface area contributed by atoms with Crippen molar-refractivity contribution in [3.05, 3.63) is 35.5 Å². The quantitative estimate of drug-likeness (QED) is 0.924. The Bertz CT molecular complexity index is 707. The first-order valence-electron chi connectivity index (χ1n) is 8.71. The Labute approximate surface area is 136 Å². The number of nitrogens with one attached hydrogen (secondary N) is 1. The molecule has 0 saturated carbocycles. The van der Waals surface area contributed by atoms with Gasteiger partial charge in [-0.2, -0.15) is 0 Å². The van der Waals surface area contributed by atoms with E-state index in [0.29, 0.717) is 5.92 Å². The number of amides is 1. The highest BCUT2D eigenvalue weighted by Gasteiger charge is 2.32. The number of carbonyl (C=O) groups excluding carboxylic acids is 1. The molecule has 4 heteroatoms. The van der Waals surface area contributed by atoms with E-state index in [9.17, 15) is 4.79 Å². The maximum Gasteiger partial charge on any atom is 0.251 e. The van der Waals surface area contributed by atoms with Gasteiger partial charge in [0.1, 0.15) is 6.10 Å². The molecule has 0 bridgehead atoms. The van der Waals surface area contributed by atoms with E-state index in [2.05, 4.69) is 36.2 Å². The number of piperidine rings is 1. The Morgan fingerprint density at radius 1 is 1.22 bits per heavy atom. The van der Waals surface area contributed by atoms with Crippen molar-refractivity contribution in [3.63, 3.8) is 0 Å². The summed E-state index contributed by atoms with van der Waals surface area (Å²) in [4.78, 5) is 18.0. The summed E-state index contributed by atoms with van der Waals surface area (Å²) < 4.78 is 5.55. The second-order valence-corrected chi connectivity index (χ2v) is 6.81. The molecule has 1 aromatic carbocycles. The summed E-state index contributed by atoms with van der Waals surface area (Å²) in [5, 5.41) is 1.34. The van der Waals surface area contributed by atoms with Gasteiger partial charge in [0.25, 0.3) is 5.91 Å². The number of hydrogen-bond acceptors (Lipinski definition) is 2. The number of H-pyrrole nitrogens is 1. The van der Waals surface area contributed by atoms with Crippen LogP contribution >= 0.6 is 0 Å². The van der Waals surface area contributed by atoms with Crippen molar-refractivity contribution in [3.8, 4) is 0 Å². The van der Waals surface area contributed by atoms with Crippen molar-refractivity contribution in [1.29, 1.82) is 0 Å². The summed E-state index contributed by atoms with van der Waals surface area (Å²) in [6, 6.07) is 8.53. The van der Waals surface area contributed by atoms with Gasteiger partial charge in [0.05, 0.1) is 0 Å². The number of likely N-dealkylation sites (tertiary alicyclic amines) is 1. The second kappa shape index (κ2) is 6.00. The molecule has 0 aliphatic carbocycles. The molecule has 2 aliphatic rings. The lowest BCUT2D eigenvalue weighted by Crippen LogP contribution is -2.43. The SMILES string of the molecule is Cc1[nH]c2ccccc2c1C1CCN(C(=O)[C@H]2CCCO2)CC1. The van der Waals surface area contributed by atoms with E-state index < -0.39 is 0 Å². The van der Waals surface area contributed by atoms with Crippen molar-refractivity contribution in [2.24, 2.45) is 0 Å². The number of rotatable bonds is 2. The van der Waals surface area contributed by atoms with Crippen LogP contribution < -0.4 is 0 Å². The minimum absolute atomic E-state index is 0.179. The van der Waals surface area contributed by atoms with Crippen molar-refractivity contribution < 1.29 is 9.53 Å². The standard InChI is InChI=1S/C19H24N2O2/c1-13-18(15-5-2-3-6-16(15)20-13)14-8-10-21(11-9-14)19(22)17-7-4-12-23-17/h2-3,5-6,14,17,20H,4,7-12H2,1H3/t17-/m1/s1. The second-order valence-electron chi connectivity index (χ2n) is 6.81. The molecule has 2 aliphatic heterocycles. The van der Waals surface area contributed by atoms with Crippen LogP contribution in [0.4, 0.5) is 0 Å². The van der Waals surface area contributed by atoms with Gasteiger partial charge >= 0.3 is 0 Å². The average Bonchev–Trinajstić information content (AvgIpc) is 3.21. The summed E-state index contributed by atoms with van der Waals surface area (Å²) in [5.41, 5.74) is 3.94. The molecule has 3 heterocycles. The Balaban J connectivity index is 1.48. The zero-order chi connectivity index (χ0) is 15.8. The monoisotopic (exact) mass is 312 g/mol. The summed E-state index contributed by atoms with van der Waals surface area (Å²) in [5.74, 6) is 0.747. The molecule has 23 heavy (non-hydrogen) atoms. The van der Waals surface area contributed by atoms with Crippen molar-refractivity contribution >= 4 is 16.8 Å². The van der Waals surface area contributed by atoms with Crippen LogP contribution in [0, 0.1) is 6.92 Å². The van der Waals surface area contributed by atoms with Crippen LogP contribution in [-0.4, -0.2) is 41.6 Å². The van der Waals surface area contributed by atoms with Gasteiger partial charge in [-0.05, 0) is 50.2 Å². The van der Waals surface area contributed by atoms with Gasteiger partial charge in [-0.15, -0.1) is 0 Å². The summed E-state index contributed by atoms with van der Waals surface area (Å²) in [7, 11) is 0. The number of para-hydroxylation sites is 1. The van der Waals surface area contributed by atoms with E-state index in [4.69, 9.17) is 4.74 Å². The zero-order valence-electron chi connectivity index (χ0n) is 13.7. The largest absolute Gasteiger partial charge is 0.368 e. The van der Waals surface area contributed by atoms with Gasteiger partial charge in [0.2, 0.25) is 0 Å². The van der Waals surface area contributed by atoms with Crippen LogP contribution in [0.5, 0.6) is 0 Å². The number of hydrogen-bond donors (Lipinski definition) is 1. The van der Waals surface area contributed by atoms with Gasteiger partial charge < -0.3 is 14.6 Å². The molecule has 1 aromatic heterocycles. The van der Waals surface area contributed by atoms with Crippen molar-refractivity contribution in [2.45, 2.75) is 44.6 Å². The van der Waals surface area contributed by atoms with E-state index in [1.165, 1.54) is 22.2 Å². The summed E-state index contributed by atoms with van der Waals surface area (Å²) in [6.45, 7) is 4.60. The number of ether oxygens (including phenoxy) is 1. The highest BCUT2D eigenvalue weighted by molar-refractivity contribution is 5.85. The lowest BCUT2D eigenvalue weighted by atomic mass is 9.87. The number of carbonyl (C=O) groups is 1. The minimum Gasteiger partial charge on any atom is -0.368 e. The maximum atomic E-state index is 12.5. The fourth-order valence-electron chi connectivity index (χ4n) is 4.19. The average molecular weight is 312 g/mol. The third kappa shape index (κ3) is 2.65. The van der Waals surface area contributed by atoms with Gasteiger partial charge in [0.15, 0.2) is 0 Å². The topological polar surface area (TPSA) is 45.3 Å². The van der Waals surface area contributed by atoms with Gasteiger partial charge in [0, 0.05) is 36.3 Å². The molecule has 1 atom stereocenters. The molecule has 1 amide bonds. The van der Waals surface area contributed by atoms with Crippen LogP contribution in [0.2, 0.25) is 0 Å². The Morgan fingerprint density at radius 2 is 2.00 bits per heavy atom. The molecule has 1 N–H and O–H groups in total. The van der Waals surface area contributed by atoms with Crippen molar-refractivity contribution in [2.75, 3.05) is 19.7 Å². The predicted octanol–water partition coefficient (Wildman–Crippen LogP) is 3.36. The van der Waals surface area contributed by atoms with Crippen LogP contribution in [0.1, 0.15) is 42.9 Å². The lowest BCUT2D eigenvalue weighted by Gasteiger charge is -2.33. The molecular weight excluding hydrogens is 288 g/mol. The number of benzene rings is 1. The fraction of sp³-hybridized carbons (Fsp3) is 0.526. The number of aromatic amines is 1. The minimum atomic E-state index is -0.179. The van der Waals surface area contributed by atoms with Gasteiger partial charge in [-0.25, -0.2) is 0 Å². The van der Waals surface area contributed by atoms with Crippen LogP contribution in [0.25, 0.3) is 10.9 Å². The highest BCUT2D eigenvalue weighted by Crippen LogP contribution is 2.35. The molecule has 2 saturated heterocycles. The van der Waals surface area contributed by atoms with Crippen LogP contribution in [-0.2, 0) is 9.53 Å². The van der Waals surface area contributed by atoms with Crippen molar-refractivity contribution in [1.82, 2.24) is 9.88 Å². The molecule has 0 unspecified atom stereocenters. The zero-order valence-corrected chi connectivity index (χ0v) is 13.7. The molecular formula is C19H24N2O2. The molecule has 0 spiro atoms. The van der Waals surface area contributed by atoms with E-state index >= 15 is 0 Å². The van der Waals surface area contributed by atoms with E-state index in [1.807, 2.05) is 4.90 Å². The maximum absolute atomic E-state index is 12.5. The number of aryl methyl sites for hydroxylation is 1. The molecule has 2 aromatic rings. The van der Waals surface area contributed by atoms with E-state index in [0.717, 1.165) is 45.4 Å². The Morgan fingerprint density at radius 3 is 2.74 bits per heavy atom. The normalized spacial score (nSPS) is 22.8. The van der Waals surface area contributed by atoms with Crippen LogP contribution in [0.15, 0.2) is 24.3 Å². The van der Waals surface area contributed by atoms with Crippen LogP contribution in [0.3, 0.4) is 0 Å². The summed E-state index contributed by atoms with van der Waals surface area (Å²) in [6.07, 6.45) is 3.81.